The zero-order chi connectivity index (χ0) is 17.7. The summed E-state index contributed by atoms with van der Waals surface area (Å²) >= 11 is 1.60. The lowest BCUT2D eigenvalue weighted by molar-refractivity contribution is 0.0745. The summed E-state index contributed by atoms with van der Waals surface area (Å²) in [6.45, 7) is 5.59. The first kappa shape index (κ1) is 18.4. The van der Waals surface area contributed by atoms with Crippen LogP contribution in [0.3, 0.4) is 0 Å². The molecular weight excluding hydrogens is 344 g/mol. The molecule has 1 atom stereocenters. The average molecular weight is 364 g/mol. The van der Waals surface area contributed by atoms with Crippen LogP contribution in [0.5, 0.6) is 0 Å². The first-order chi connectivity index (χ1) is 11.4. The number of hydrogen-bond donors (Lipinski definition) is 1. The maximum absolute atomic E-state index is 12.6. The molecule has 128 valence electrons. The number of thiophene rings is 1. The quantitative estimate of drug-likeness (QED) is 0.768. The third-order valence-electron chi connectivity index (χ3n) is 3.69. The Balaban J connectivity index is 2.15. The molecule has 0 fully saturated rings. The van der Waals surface area contributed by atoms with Crippen LogP contribution < -0.4 is 4.72 Å². The largest absolute Gasteiger partial charge is 0.334 e. The number of rotatable bonds is 7. The van der Waals surface area contributed by atoms with Gasteiger partial charge in [0.2, 0.25) is 10.0 Å². The third kappa shape index (κ3) is 4.11. The third-order valence-corrected chi connectivity index (χ3v) is 6.17. The number of nitrogens with one attached hydrogen (secondary N) is 1. The van der Waals surface area contributed by atoms with Crippen LogP contribution in [0.2, 0.25) is 0 Å². The Labute approximate surface area is 146 Å². The van der Waals surface area contributed by atoms with Gasteiger partial charge in [-0.25, -0.2) is 13.1 Å². The topological polar surface area (TPSA) is 66.5 Å². The van der Waals surface area contributed by atoms with Crippen molar-refractivity contribution in [3.63, 3.8) is 0 Å². The fraction of sp³-hybridized carbons (Fsp3) is 0.235. The van der Waals surface area contributed by atoms with E-state index >= 15 is 0 Å². The van der Waals surface area contributed by atoms with Crippen molar-refractivity contribution in [2.75, 3.05) is 13.6 Å². The predicted molar refractivity (Wildman–Crippen MR) is 96.7 cm³/mol. The Morgan fingerprint density at radius 1 is 1.33 bits per heavy atom. The van der Waals surface area contributed by atoms with E-state index in [2.05, 4.69) is 11.3 Å². The molecule has 1 heterocycles. The second kappa shape index (κ2) is 7.74. The number of amides is 1. The molecule has 1 aromatic heterocycles. The predicted octanol–water partition coefficient (Wildman–Crippen LogP) is 3.05. The van der Waals surface area contributed by atoms with Gasteiger partial charge < -0.3 is 4.90 Å². The van der Waals surface area contributed by atoms with Crippen LogP contribution in [-0.2, 0) is 10.0 Å². The number of carbonyl (C=O) groups excluding carboxylic acids is 1. The highest BCUT2D eigenvalue weighted by atomic mass is 32.2. The van der Waals surface area contributed by atoms with Gasteiger partial charge in [0, 0.05) is 24.0 Å². The van der Waals surface area contributed by atoms with Crippen LogP contribution in [0.25, 0.3) is 0 Å². The van der Waals surface area contributed by atoms with Crippen molar-refractivity contribution < 1.29 is 13.2 Å². The molecule has 1 unspecified atom stereocenters. The van der Waals surface area contributed by atoms with Gasteiger partial charge in [0.25, 0.3) is 5.91 Å². The van der Waals surface area contributed by atoms with E-state index in [1.807, 2.05) is 24.4 Å². The standard InChI is InChI=1S/C17H20N2O3S2/c1-4-11-18-24(21,22)15-9-7-14(8-10-15)17(20)19(3)13(2)16-6-5-12-23-16/h4-10,12-13,18H,1,11H2,2-3H3. The SMILES string of the molecule is C=CCNS(=O)(=O)c1ccc(C(=O)N(C)C(C)c2cccs2)cc1. The molecule has 0 saturated heterocycles. The fourth-order valence-corrected chi connectivity index (χ4v) is 3.95. The van der Waals surface area contributed by atoms with E-state index in [4.69, 9.17) is 0 Å². The lowest BCUT2D eigenvalue weighted by atomic mass is 10.1. The molecule has 0 aliphatic carbocycles. The number of hydrogen-bond acceptors (Lipinski definition) is 4. The Morgan fingerprint density at radius 3 is 2.54 bits per heavy atom. The van der Waals surface area contributed by atoms with Gasteiger partial charge in [-0.15, -0.1) is 17.9 Å². The molecule has 0 aliphatic heterocycles. The van der Waals surface area contributed by atoms with Crippen LogP contribution >= 0.6 is 11.3 Å². The van der Waals surface area contributed by atoms with E-state index in [0.29, 0.717) is 5.56 Å². The van der Waals surface area contributed by atoms with Crippen LogP contribution in [0.15, 0.2) is 59.3 Å². The summed E-state index contributed by atoms with van der Waals surface area (Å²) in [5.41, 5.74) is 0.448. The molecule has 0 spiro atoms. The highest BCUT2D eigenvalue weighted by Gasteiger charge is 2.20. The fourth-order valence-electron chi connectivity index (χ4n) is 2.13. The lowest BCUT2D eigenvalue weighted by Crippen LogP contribution is -2.29. The molecule has 0 saturated carbocycles. The van der Waals surface area contributed by atoms with E-state index in [9.17, 15) is 13.2 Å². The molecule has 1 N–H and O–H groups in total. The number of nitrogens with zero attached hydrogens (tertiary/aromatic N) is 1. The monoisotopic (exact) mass is 364 g/mol. The Morgan fingerprint density at radius 2 is 2.00 bits per heavy atom. The molecule has 2 rings (SSSR count). The number of sulfonamides is 1. The summed E-state index contributed by atoms with van der Waals surface area (Å²) in [6, 6.07) is 9.82. The molecule has 7 heteroatoms. The van der Waals surface area contributed by atoms with E-state index in [0.717, 1.165) is 4.88 Å². The first-order valence-corrected chi connectivity index (χ1v) is 9.74. The summed E-state index contributed by atoms with van der Waals surface area (Å²) in [6.07, 6.45) is 1.47. The highest BCUT2D eigenvalue weighted by molar-refractivity contribution is 7.89. The van der Waals surface area contributed by atoms with Crippen LogP contribution in [0.1, 0.15) is 28.2 Å². The van der Waals surface area contributed by atoms with E-state index in [1.54, 1.807) is 23.3 Å². The minimum Gasteiger partial charge on any atom is -0.334 e. The molecule has 0 bridgehead atoms. The van der Waals surface area contributed by atoms with Gasteiger partial charge >= 0.3 is 0 Å². The van der Waals surface area contributed by atoms with Crippen molar-refractivity contribution >= 4 is 27.3 Å². The van der Waals surface area contributed by atoms with Gasteiger partial charge in [0.05, 0.1) is 10.9 Å². The Bertz CT molecular complexity index is 797. The molecule has 1 amide bonds. The molecule has 2 aromatic rings. The molecule has 24 heavy (non-hydrogen) atoms. The number of carbonyl (C=O) groups is 1. The smallest absolute Gasteiger partial charge is 0.254 e. The molecule has 0 aliphatic rings. The lowest BCUT2D eigenvalue weighted by Gasteiger charge is -2.24. The van der Waals surface area contributed by atoms with Gasteiger partial charge in [0.15, 0.2) is 0 Å². The maximum atomic E-state index is 12.6. The van der Waals surface area contributed by atoms with Crippen molar-refractivity contribution in [2.45, 2.75) is 17.9 Å². The highest BCUT2D eigenvalue weighted by Crippen LogP contribution is 2.25. The van der Waals surface area contributed by atoms with Crippen molar-refractivity contribution in [1.82, 2.24) is 9.62 Å². The van der Waals surface area contributed by atoms with Gasteiger partial charge in [-0.2, -0.15) is 0 Å². The molecule has 1 aromatic carbocycles. The Kier molecular flexibility index (Phi) is 5.93. The van der Waals surface area contributed by atoms with Crippen molar-refractivity contribution in [3.8, 4) is 0 Å². The summed E-state index contributed by atoms with van der Waals surface area (Å²) < 4.78 is 26.4. The summed E-state index contributed by atoms with van der Waals surface area (Å²) in [7, 11) is -1.84. The zero-order valence-electron chi connectivity index (χ0n) is 13.6. The molecule has 0 radical (unpaired) electrons. The van der Waals surface area contributed by atoms with E-state index in [-0.39, 0.29) is 23.4 Å². The zero-order valence-corrected chi connectivity index (χ0v) is 15.2. The van der Waals surface area contributed by atoms with Crippen molar-refractivity contribution in [3.05, 3.63) is 64.9 Å². The minimum atomic E-state index is -3.58. The van der Waals surface area contributed by atoms with Crippen LogP contribution in [0, 0.1) is 0 Å². The maximum Gasteiger partial charge on any atom is 0.254 e. The number of benzene rings is 1. The van der Waals surface area contributed by atoms with Gasteiger partial charge in [-0.3, -0.25) is 4.79 Å². The second-order valence-corrected chi connectivity index (χ2v) is 8.02. The van der Waals surface area contributed by atoms with E-state index in [1.165, 1.54) is 30.3 Å². The summed E-state index contributed by atoms with van der Waals surface area (Å²) in [5.74, 6) is -0.154. The van der Waals surface area contributed by atoms with Crippen molar-refractivity contribution in [1.29, 1.82) is 0 Å². The Hall–Kier alpha value is -1.96. The first-order valence-electron chi connectivity index (χ1n) is 7.38. The van der Waals surface area contributed by atoms with Crippen LogP contribution in [-0.4, -0.2) is 32.8 Å². The molecule has 5 nitrogen and oxygen atoms in total. The van der Waals surface area contributed by atoms with Gasteiger partial charge in [0.1, 0.15) is 0 Å². The second-order valence-electron chi connectivity index (χ2n) is 5.27. The van der Waals surface area contributed by atoms with Crippen LogP contribution in [0.4, 0.5) is 0 Å². The normalized spacial score (nSPS) is 12.6. The van der Waals surface area contributed by atoms with E-state index < -0.39 is 10.0 Å². The minimum absolute atomic E-state index is 0.0461. The van der Waals surface area contributed by atoms with Gasteiger partial charge in [-0.05, 0) is 42.6 Å². The average Bonchev–Trinajstić information content (AvgIpc) is 3.12. The summed E-state index contributed by atoms with van der Waals surface area (Å²) in [4.78, 5) is 15.4. The van der Waals surface area contributed by atoms with Gasteiger partial charge in [-0.1, -0.05) is 12.1 Å². The summed E-state index contributed by atoms with van der Waals surface area (Å²) in [5, 5.41) is 1.97. The molecular formula is C17H20N2O3S2. The van der Waals surface area contributed by atoms with Crippen molar-refractivity contribution in [2.24, 2.45) is 0 Å².